The van der Waals surface area contributed by atoms with Crippen LogP contribution in [0.1, 0.15) is 43.0 Å². The van der Waals surface area contributed by atoms with Crippen LogP contribution in [0.15, 0.2) is 30.5 Å². The quantitative estimate of drug-likeness (QED) is 0.338. The van der Waals surface area contributed by atoms with Crippen LogP contribution in [-0.4, -0.2) is 68.6 Å². The number of halogens is 2. The van der Waals surface area contributed by atoms with Crippen molar-refractivity contribution >= 4 is 35.2 Å². The second-order valence-electron chi connectivity index (χ2n) is 10.1. The molecule has 0 radical (unpaired) electrons. The monoisotopic (exact) mass is 561 g/mol. The van der Waals surface area contributed by atoms with Gasteiger partial charge in [-0.15, -0.1) is 12.4 Å². The van der Waals surface area contributed by atoms with Gasteiger partial charge >= 0.3 is 0 Å². The Labute approximate surface area is 229 Å². The lowest BCUT2D eigenvalue weighted by atomic mass is 9.67. The number of nitrogens with one attached hydrogen (secondary N) is 2. The summed E-state index contributed by atoms with van der Waals surface area (Å²) < 4.78 is 31.6. The van der Waals surface area contributed by atoms with Crippen molar-refractivity contribution in [1.82, 2.24) is 20.3 Å². The number of fused-ring (bicyclic) bond motifs is 5. The summed E-state index contributed by atoms with van der Waals surface area (Å²) >= 11 is 0. The zero-order valence-corrected chi connectivity index (χ0v) is 22.0. The van der Waals surface area contributed by atoms with Crippen LogP contribution < -0.4 is 20.1 Å². The van der Waals surface area contributed by atoms with Gasteiger partial charge in [-0.05, 0) is 43.9 Å². The van der Waals surface area contributed by atoms with Gasteiger partial charge < -0.3 is 35.1 Å². The number of hydrogen-bond acceptors (Lipinski definition) is 10. The highest BCUT2D eigenvalue weighted by atomic mass is 35.5. The number of carbonyl (C=O) groups is 1. The molecule has 1 saturated carbocycles. The summed E-state index contributed by atoms with van der Waals surface area (Å²) in [4.78, 5) is 24.4. The largest absolute Gasteiger partial charge is 0.481 e. The number of aromatic nitrogens is 3. The molecule has 6 heterocycles. The molecule has 1 amide bonds. The van der Waals surface area contributed by atoms with Crippen LogP contribution in [0.5, 0.6) is 11.6 Å². The third-order valence-corrected chi connectivity index (χ3v) is 7.89. The van der Waals surface area contributed by atoms with E-state index in [4.69, 9.17) is 14.2 Å². The normalized spacial score (nSPS) is 25.2. The summed E-state index contributed by atoms with van der Waals surface area (Å²) in [6.45, 7) is 0.739. The first-order chi connectivity index (χ1) is 18.3. The first-order valence-electron chi connectivity index (χ1n) is 12.5. The van der Waals surface area contributed by atoms with Crippen LogP contribution in [0.3, 0.4) is 0 Å². The maximum atomic E-state index is 14.9. The summed E-state index contributed by atoms with van der Waals surface area (Å²) in [5.74, 6) is 0.184. The fourth-order valence-corrected chi connectivity index (χ4v) is 5.60. The molecule has 7 rings (SSSR count). The second-order valence-corrected chi connectivity index (χ2v) is 10.1. The highest BCUT2D eigenvalue weighted by molar-refractivity contribution is 5.94. The van der Waals surface area contributed by atoms with Crippen molar-refractivity contribution in [3.8, 4) is 11.6 Å². The van der Waals surface area contributed by atoms with Gasteiger partial charge in [0, 0.05) is 23.7 Å². The Bertz CT molecular complexity index is 1390. The molecule has 4 aliphatic rings. The van der Waals surface area contributed by atoms with Gasteiger partial charge in [0.2, 0.25) is 5.88 Å². The van der Waals surface area contributed by atoms with Crippen molar-refractivity contribution in [2.75, 3.05) is 25.6 Å². The van der Waals surface area contributed by atoms with E-state index in [2.05, 4.69) is 25.6 Å². The molecule has 1 aliphatic carbocycles. The number of carbonyl (C=O) groups excluding carboxylic acids is 1. The van der Waals surface area contributed by atoms with Crippen molar-refractivity contribution in [3.63, 3.8) is 0 Å². The lowest BCUT2D eigenvalue weighted by Crippen LogP contribution is -2.65. The number of hydrogen-bond donors (Lipinski definition) is 4. The lowest BCUT2D eigenvalue weighted by molar-refractivity contribution is -0.228. The summed E-state index contributed by atoms with van der Waals surface area (Å²) in [5.41, 5.74) is -0.222. The van der Waals surface area contributed by atoms with Crippen LogP contribution in [-0.2, 0) is 16.1 Å². The second kappa shape index (κ2) is 10.4. The van der Waals surface area contributed by atoms with E-state index in [9.17, 15) is 19.4 Å². The summed E-state index contributed by atoms with van der Waals surface area (Å²) in [6.07, 6.45) is 0.391. The van der Waals surface area contributed by atoms with Crippen molar-refractivity contribution < 1.29 is 33.6 Å². The van der Waals surface area contributed by atoms with Gasteiger partial charge in [0.25, 0.3) is 5.91 Å². The van der Waals surface area contributed by atoms with E-state index in [1.165, 1.54) is 7.11 Å². The topological polar surface area (TPSA) is 148 Å². The number of anilines is 1. The van der Waals surface area contributed by atoms with Gasteiger partial charge in [0.1, 0.15) is 23.5 Å². The SMILES string of the molecule is COc1ccc2ncc(F)c(C(O)C(O)C34CCC(NCc5ccc6c(n5)NC(=O)CO6)(CC3)CO4)c2n1.Cl. The number of rotatable bonds is 7. The fourth-order valence-electron chi connectivity index (χ4n) is 5.60. The van der Waals surface area contributed by atoms with E-state index in [0.717, 1.165) is 11.9 Å². The van der Waals surface area contributed by atoms with Crippen LogP contribution in [0, 0.1) is 5.82 Å². The molecular weight excluding hydrogens is 533 g/mol. The lowest BCUT2D eigenvalue weighted by Gasteiger charge is -2.55. The molecule has 3 aromatic heterocycles. The first-order valence-corrected chi connectivity index (χ1v) is 12.5. The Kier molecular flexibility index (Phi) is 7.33. The predicted octanol–water partition coefficient (Wildman–Crippen LogP) is 2.19. The van der Waals surface area contributed by atoms with E-state index in [1.54, 1.807) is 18.2 Å². The summed E-state index contributed by atoms with van der Waals surface area (Å²) in [6, 6.07) is 6.84. The molecule has 3 aromatic rings. The molecule has 11 nitrogen and oxygen atoms in total. The number of aliphatic hydroxyl groups excluding tert-OH is 2. The third kappa shape index (κ3) is 4.87. The van der Waals surface area contributed by atoms with Gasteiger partial charge in [0.05, 0.1) is 36.7 Å². The molecule has 0 spiro atoms. The number of methoxy groups -OCH3 is 1. The van der Waals surface area contributed by atoms with E-state index in [1.807, 2.05) is 6.07 Å². The Morgan fingerprint density at radius 2 is 1.97 bits per heavy atom. The average molecular weight is 562 g/mol. The average Bonchev–Trinajstić information content (AvgIpc) is 2.95. The predicted molar refractivity (Wildman–Crippen MR) is 139 cm³/mol. The maximum absolute atomic E-state index is 14.9. The van der Waals surface area contributed by atoms with Crippen molar-refractivity contribution in [3.05, 3.63) is 47.5 Å². The molecule has 39 heavy (non-hydrogen) atoms. The van der Waals surface area contributed by atoms with Gasteiger partial charge in [-0.1, -0.05) is 0 Å². The summed E-state index contributed by atoms with van der Waals surface area (Å²) in [7, 11) is 1.44. The van der Waals surface area contributed by atoms with E-state index in [-0.39, 0.29) is 47.4 Å². The molecule has 2 atom stereocenters. The maximum Gasteiger partial charge on any atom is 0.263 e. The minimum atomic E-state index is -1.57. The van der Waals surface area contributed by atoms with Crippen LogP contribution >= 0.6 is 12.4 Å². The first kappa shape index (κ1) is 27.4. The number of pyridine rings is 3. The van der Waals surface area contributed by atoms with Crippen molar-refractivity contribution in [2.45, 2.75) is 55.6 Å². The number of nitrogens with zero attached hydrogens (tertiary/aromatic N) is 3. The van der Waals surface area contributed by atoms with E-state index in [0.29, 0.717) is 55.9 Å². The number of aliphatic hydroxyl groups is 2. The fraction of sp³-hybridized carbons (Fsp3) is 0.462. The molecule has 3 fully saturated rings. The van der Waals surface area contributed by atoms with Gasteiger partial charge in [0.15, 0.2) is 18.2 Å². The van der Waals surface area contributed by atoms with Gasteiger partial charge in [-0.2, -0.15) is 0 Å². The Morgan fingerprint density at radius 3 is 2.69 bits per heavy atom. The zero-order chi connectivity index (χ0) is 26.5. The van der Waals surface area contributed by atoms with Crippen molar-refractivity contribution in [2.24, 2.45) is 0 Å². The highest BCUT2D eigenvalue weighted by Gasteiger charge is 2.55. The Hall–Kier alpha value is -3.16. The molecule has 3 aliphatic heterocycles. The molecule has 2 saturated heterocycles. The van der Waals surface area contributed by atoms with Crippen LogP contribution in [0.4, 0.5) is 10.2 Å². The van der Waals surface area contributed by atoms with E-state index < -0.39 is 23.6 Å². The minimum Gasteiger partial charge on any atom is -0.481 e. The molecule has 2 bridgehead atoms. The smallest absolute Gasteiger partial charge is 0.263 e. The number of ether oxygens (including phenoxy) is 3. The third-order valence-electron chi connectivity index (χ3n) is 7.89. The molecule has 2 unspecified atom stereocenters. The van der Waals surface area contributed by atoms with Gasteiger partial charge in [-0.25, -0.2) is 14.4 Å². The standard InChI is InChI=1S/C26H28FN5O6.ClH/c1-36-19-5-3-16-21(32-19)20(15(27)11-28-16)22(34)23(35)26-8-6-25(7-9-26,13-38-26)29-10-14-2-4-17-24(30-14)31-18(33)12-37-17;/h2-5,11,22-23,29,34-35H,6-10,12-13H2,1H3,(H,30,31,33);1H. The Morgan fingerprint density at radius 1 is 1.18 bits per heavy atom. The molecule has 208 valence electrons. The Balaban J connectivity index is 0.00000308. The minimum absolute atomic E-state index is 0. The molecule has 0 aromatic carbocycles. The zero-order valence-electron chi connectivity index (χ0n) is 21.1. The van der Waals surface area contributed by atoms with Crippen LogP contribution in [0.25, 0.3) is 11.0 Å². The number of amides is 1. The molecule has 4 N–H and O–H groups in total. The van der Waals surface area contributed by atoms with Gasteiger partial charge in [-0.3, -0.25) is 9.78 Å². The molecule has 13 heteroatoms. The van der Waals surface area contributed by atoms with E-state index >= 15 is 0 Å². The highest BCUT2D eigenvalue weighted by Crippen LogP contribution is 2.48. The molecular formula is C26H29ClFN5O6. The van der Waals surface area contributed by atoms with Crippen LogP contribution in [0.2, 0.25) is 0 Å². The summed E-state index contributed by atoms with van der Waals surface area (Å²) in [5, 5.41) is 28.8. The van der Waals surface area contributed by atoms with Crippen molar-refractivity contribution in [1.29, 1.82) is 0 Å².